The van der Waals surface area contributed by atoms with Crippen LogP contribution in [0.1, 0.15) is 30.3 Å². The van der Waals surface area contributed by atoms with Crippen molar-refractivity contribution in [3.63, 3.8) is 0 Å². The van der Waals surface area contributed by atoms with Crippen LogP contribution >= 0.6 is 0 Å². The first-order valence-corrected chi connectivity index (χ1v) is 8.54. The Morgan fingerprint density at radius 3 is 2.73 bits per heavy atom. The van der Waals surface area contributed by atoms with Crippen LogP contribution in [0.4, 0.5) is 0 Å². The number of fused-ring (bicyclic) bond motifs is 1. The van der Waals surface area contributed by atoms with Crippen molar-refractivity contribution in [3.8, 4) is 0 Å². The van der Waals surface area contributed by atoms with Gasteiger partial charge in [-0.3, -0.25) is 9.80 Å². The first-order valence-electron chi connectivity index (χ1n) is 8.54. The third-order valence-corrected chi connectivity index (χ3v) is 5.00. The molecule has 4 rings (SSSR count). The zero-order valence-corrected chi connectivity index (χ0v) is 13.2. The van der Waals surface area contributed by atoms with Gasteiger partial charge in [-0.05, 0) is 12.8 Å². The van der Waals surface area contributed by atoms with Crippen LogP contribution < -0.4 is 0 Å². The van der Waals surface area contributed by atoms with Crippen LogP contribution in [0.25, 0.3) is 0 Å². The number of imidazole rings is 1. The molecule has 1 aromatic rings. The number of aromatic nitrogens is 2. The lowest BCUT2D eigenvalue weighted by molar-refractivity contribution is 0.00571. The van der Waals surface area contributed by atoms with Crippen molar-refractivity contribution in [1.82, 2.24) is 19.4 Å². The third kappa shape index (κ3) is 3.20. The summed E-state index contributed by atoms with van der Waals surface area (Å²) in [6, 6.07) is 0.717. The molecule has 6 heteroatoms. The van der Waals surface area contributed by atoms with Crippen LogP contribution in [-0.4, -0.2) is 76.5 Å². The predicted molar refractivity (Wildman–Crippen MR) is 82.7 cm³/mol. The summed E-state index contributed by atoms with van der Waals surface area (Å²) in [6.07, 6.45) is 5.42. The van der Waals surface area contributed by atoms with Crippen LogP contribution in [0.15, 0.2) is 6.33 Å². The molecule has 0 radical (unpaired) electrons. The minimum atomic E-state index is -0.287. The summed E-state index contributed by atoms with van der Waals surface area (Å²) in [5.74, 6) is 0. The average molecular weight is 306 g/mol. The van der Waals surface area contributed by atoms with E-state index in [1.54, 1.807) is 0 Å². The third-order valence-electron chi connectivity index (χ3n) is 5.00. The first kappa shape index (κ1) is 14.6. The molecule has 6 nitrogen and oxygen atoms in total. The highest BCUT2D eigenvalue weighted by molar-refractivity contribution is 5.18. The molecule has 1 atom stereocenters. The number of ether oxygens (including phenoxy) is 1. The van der Waals surface area contributed by atoms with Crippen molar-refractivity contribution >= 4 is 0 Å². The average Bonchev–Trinajstić information content (AvgIpc) is 3.28. The summed E-state index contributed by atoms with van der Waals surface area (Å²) < 4.78 is 7.74. The zero-order chi connectivity index (χ0) is 14.9. The Morgan fingerprint density at radius 2 is 1.95 bits per heavy atom. The maximum absolute atomic E-state index is 10.4. The highest BCUT2D eigenvalue weighted by Crippen LogP contribution is 2.37. The summed E-state index contributed by atoms with van der Waals surface area (Å²) >= 11 is 0. The quantitative estimate of drug-likeness (QED) is 0.846. The van der Waals surface area contributed by atoms with Crippen LogP contribution in [0.5, 0.6) is 0 Å². The van der Waals surface area contributed by atoms with Gasteiger partial charge in [0.2, 0.25) is 0 Å². The highest BCUT2D eigenvalue weighted by atomic mass is 16.5. The van der Waals surface area contributed by atoms with Crippen LogP contribution in [0.2, 0.25) is 0 Å². The van der Waals surface area contributed by atoms with E-state index in [0.29, 0.717) is 0 Å². The van der Waals surface area contributed by atoms with Gasteiger partial charge in [0.05, 0.1) is 31.3 Å². The molecule has 1 saturated heterocycles. The van der Waals surface area contributed by atoms with Gasteiger partial charge in [0, 0.05) is 57.4 Å². The smallest absolute Gasteiger partial charge is 0.0954 e. The van der Waals surface area contributed by atoms with Gasteiger partial charge in [0.25, 0.3) is 0 Å². The van der Waals surface area contributed by atoms with Crippen molar-refractivity contribution in [2.24, 2.45) is 0 Å². The number of β-amino-alcohol motifs (C(OH)–C–C–N with tert-alkyl or cyclic N) is 1. The Kier molecular flexibility index (Phi) is 4.17. The van der Waals surface area contributed by atoms with E-state index in [1.807, 2.05) is 6.33 Å². The predicted octanol–water partition coefficient (Wildman–Crippen LogP) is 0.269. The van der Waals surface area contributed by atoms with Crippen molar-refractivity contribution in [2.45, 2.75) is 38.0 Å². The molecule has 1 aliphatic carbocycles. The normalized spacial score (nSPS) is 25.1. The monoisotopic (exact) mass is 306 g/mol. The summed E-state index contributed by atoms with van der Waals surface area (Å²) in [4.78, 5) is 9.25. The molecular formula is C16H26N4O2. The van der Waals surface area contributed by atoms with Crippen LogP contribution in [0, 0.1) is 0 Å². The summed E-state index contributed by atoms with van der Waals surface area (Å²) in [7, 11) is 0. The second kappa shape index (κ2) is 6.28. The second-order valence-electron chi connectivity index (χ2n) is 6.83. The standard InChI is InChI=1S/C16H26N4O2/c21-14(9-18-5-7-22-8-6-18)10-19-4-3-16-15(11-19)17-12-20(16)13-1-2-13/h12-14,21H,1-11H2/t14-/m0/s1. The Labute approximate surface area is 131 Å². The summed E-state index contributed by atoms with van der Waals surface area (Å²) in [5, 5.41) is 10.4. The molecule has 0 bridgehead atoms. The molecule has 122 valence electrons. The maximum atomic E-state index is 10.4. The number of hydrogen-bond donors (Lipinski definition) is 1. The number of aliphatic hydroxyl groups excluding tert-OH is 1. The summed E-state index contributed by atoms with van der Waals surface area (Å²) in [6.45, 7) is 6.87. The Morgan fingerprint density at radius 1 is 1.18 bits per heavy atom. The molecule has 0 unspecified atom stereocenters. The Balaban J connectivity index is 1.30. The van der Waals surface area contributed by atoms with Gasteiger partial charge in [-0.15, -0.1) is 0 Å². The van der Waals surface area contributed by atoms with E-state index >= 15 is 0 Å². The van der Waals surface area contributed by atoms with Gasteiger partial charge in [-0.25, -0.2) is 4.98 Å². The number of aliphatic hydroxyl groups is 1. The number of morpholine rings is 1. The summed E-state index contributed by atoms with van der Waals surface area (Å²) in [5.41, 5.74) is 2.65. The topological polar surface area (TPSA) is 53.8 Å². The fourth-order valence-corrected chi connectivity index (χ4v) is 3.65. The van der Waals surface area contributed by atoms with Crippen molar-refractivity contribution < 1.29 is 9.84 Å². The minimum Gasteiger partial charge on any atom is -0.390 e. The molecule has 3 heterocycles. The zero-order valence-electron chi connectivity index (χ0n) is 13.2. The molecule has 1 N–H and O–H groups in total. The van der Waals surface area contributed by atoms with Gasteiger partial charge in [0.1, 0.15) is 0 Å². The molecule has 3 aliphatic rings. The SMILES string of the molecule is O[C@@H](CN1CCOCC1)CN1CCc2c(ncn2C2CC2)C1. The number of nitrogens with zero attached hydrogens (tertiary/aromatic N) is 4. The van der Waals surface area contributed by atoms with E-state index in [0.717, 1.165) is 64.9 Å². The van der Waals surface area contributed by atoms with E-state index in [-0.39, 0.29) is 6.10 Å². The maximum Gasteiger partial charge on any atom is 0.0954 e. The molecule has 1 saturated carbocycles. The highest BCUT2D eigenvalue weighted by Gasteiger charge is 2.30. The van der Waals surface area contributed by atoms with E-state index in [1.165, 1.54) is 24.2 Å². The van der Waals surface area contributed by atoms with Gasteiger partial charge in [-0.1, -0.05) is 0 Å². The number of rotatable bonds is 5. The molecule has 2 aliphatic heterocycles. The van der Waals surface area contributed by atoms with E-state index < -0.39 is 0 Å². The molecule has 0 amide bonds. The second-order valence-corrected chi connectivity index (χ2v) is 6.83. The molecule has 0 aromatic carbocycles. The largest absolute Gasteiger partial charge is 0.390 e. The number of hydrogen-bond acceptors (Lipinski definition) is 5. The van der Waals surface area contributed by atoms with Gasteiger partial charge in [0.15, 0.2) is 0 Å². The Bertz CT molecular complexity index is 508. The van der Waals surface area contributed by atoms with Crippen LogP contribution in [-0.2, 0) is 17.7 Å². The van der Waals surface area contributed by atoms with Crippen LogP contribution in [0.3, 0.4) is 0 Å². The lowest BCUT2D eigenvalue weighted by Gasteiger charge is -2.32. The first-order chi connectivity index (χ1) is 10.8. The van der Waals surface area contributed by atoms with E-state index in [2.05, 4.69) is 19.4 Å². The lowest BCUT2D eigenvalue weighted by atomic mass is 10.1. The van der Waals surface area contributed by atoms with Crippen molar-refractivity contribution in [3.05, 3.63) is 17.7 Å². The molecular weight excluding hydrogens is 280 g/mol. The van der Waals surface area contributed by atoms with Gasteiger partial charge < -0.3 is 14.4 Å². The van der Waals surface area contributed by atoms with Gasteiger partial charge in [-0.2, -0.15) is 0 Å². The lowest BCUT2D eigenvalue weighted by Crippen LogP contribution is -2.45. The molecule has 2 fully saturated rings. The van der Waals surface area contributed by atoms with E-state index in [9.17, 15) is 5.11 Å². The van der Waals surface area contributed by atoms with Gasteiger partial charge >= 0.3 is 0 Å². The molecule has 1 aromatic heterocycles. The van der Waals surface area contributed by atoms with Crippen molar-refractivity contribution in [1.29, 1.82) is 0 Å². The molecule has 0 spiro atoms. The minimum absolute atomic E-state index is 0.287. The fraction of sp³-hybridized carbons (Fsp3) is 0.812. The fourth-order valence-electron chi connectivity index (χ4n) is 3.65. The Hall–Kier alpha value is -0.950. The van der Waals surface area contributed by atoms with E-state index in [4.69, 9.17) is 4.74 Å². The molecule has 22 heavy (non-hydrogen) atoms. The van der Waals surface area contributed by atoms with Crippen molar-refractivity contribution in [2.75, 3.05) is 45.9 Å².